The first kappa shape index (κ1) is 18.8. The molecule has 0 unspecified atom stereocenters. The van der Waals surface area contributed by atoms with Gasteiger partial charge in [-0.05, 0) is 37.3 Å². The van der Waals surface area contributed by atoms with Crippen LogP contribution in [0.1, 0.15) is 5.56 Å². The number of aryl methyl sites for hydroxylation is 1. The Morgan fingerprint density at radius 3 is 2.59 bits per heavy atom. The fourth-order valence-electron chi connectivity index (χ4n) is 3.04. The highest BCUT2D eigenvalue weighted by atomic mass is 35.5. The number of aromatic nitrogens is 2. The largest absolute Gasteiger partial charge is 0.495 e. The molecule has 29 heavy (non-hydrogen) atoms. The lowest BCUT2D eigenvalue weighted by atomic mass is 10.1. The van der Waals surface area contributed by atoms with E-state index < -0.39 is 6.03 Å². The van der Waals surface area contributed by atoms with Crippen molar-refractivity contribution in [3.63, 3.8) is 0 Å². The minimum atomic E-state index is -0.398. The number of ether oxygens (including phenoxy) is 1. The quantitative estimate of drug-likeness (QED) is 0.462. The molecule has 4 rings (SSSR count). The second-order valence-electron chi connectivity index (χ2n) is 6.53. The van der Waals surface area contributed by atoms with Crippen LogP contribution in [0.2, 0.25) is 5.02 Å². The van der Waals surface area contributed by atoms with Crippen LogP contribution in [0.25, 0.3) is 16.9 Å². The molecule has 0 saturated carbocycles. The molecule has 6 nitrogen and oxygen atoms in total. The van der Waals surface area contributed by atoms with Crippen LogP contribution >= 0.6 is 11.6 Å². The maximum atomic E-state index is 12.7. The monoisotopic (exact) mass is 406 g/mol. The van der Waals surface area contributed by atoms with Crippen LogP contribution in [0, 0.1) is 6.92 Å². The standard InChI is InChI=1S/C22H19ClN4O2/c1-14-6-8-15(9-7-14)20-21(27-12-4-3-5-19(27)25-20)26-22(28)24-16-10-11-18(29-2)17(23)13-16/h3-13H,1-2H3,(H2,24,26,28). The van der Waals surface area contributed by atoms with Gasteiger partial charge in [0.15, 0.2) is 0 Å². The molecule has 2 aromatic carbocycles. The molecule has 0 atom stereocenters. The predicted molar refractivity (Wildman–Crippen MR) is 116 cm³/mol. The van der Waals surface area contributed by atoms with Crippen LogP contribution in [0.3, 0.4) is 0 Å². The lowest BCUT2D eigenvalue weighted by molar-refractivity contribution is 0.262. The lowest BCUT2D eigenvalue weighted by Crippen LogP contribution is -2.20. The van der Waals surface area contributed by atoms with Crippen molar-refractivity contribution in [3.8, 4) is 17.0 Å². The molecule has 0 aliphatic heterocycles. The zero-order chi connectivity index (χ0) is 20.4. The Labute approximate surface area is 173 Å². The van der Waals surface area contributed by atoms with E-state index in [9.17, 15) is 4.79 Å². The zero-order valence-corrected chi connectivity index (χ0v) is 16.7. The molecule has 0 bridgehead atoms. The molecule has 2 N–H and O–H groups in total. The number of carbonyl (C=O) groups excluding carboxylic acids is 1. The number of methoxy groups -OCH3 is 1. The molecule has 0 radical (unpaired) electrons. The SMILES string of the molecule is COc1ccc(NC(=O)Nc2c(-c3ccc(C)cc3)nc3ccccn23)cc1Cl. The molecule has 0 aliphatic carbocycles. The number of urea groups is 1. The van der Waals surface area contributed by atoms with Gasteiger partial charge >= 0.3 is 6.03 Å². The molecular formula is C22H19ClN4O2. The van der Waals surface area contributed by atoms with Crippen LogP contribution in [0.5, 0.6) is 5.75 Å². The van der Waals surface area contributed by atoms with Gasteiger partial charge in [0.05, 0.1) is 12.1 Å². The highest BCUT2D eigenvalue weighted by molar-refractivity contribution is 6.32. The molecular weight excluding hydrogens is 388 g/mol. The number of anilines is 2. The van der Waals surface area contributed by atoms with Gasteiger partial charge in [-0.1, -0.05) is 47.5 Å². The predicted octanol–water partition coefficient (Wildman–Crippen LogP) is 5.62. The summed E-state index contributed by atoms with van der Waals surface area (Å²) < 4.78 is 6.98. The van der Waals surface area contributed by atoms with E-state index in [0.717, 1.165) is 16.8 Å². The van der Waals surface area contributed by atoms with E-state index in [0.29, 0.717) is 28.0 Å². The number of benzene rings is 2. The van der Waals surface area contributed by atoms with E-state index in [4.69, 9.17) is 21.3 Å². The second-order valence-corrected chi connectivity index (χ2v) is 6.94. The third kappa shape index (κ3) is 3.88. The minimum Gasteiger partial charge on any atom is -0.495 e. The van der Waals surface area contributed by atoms with Crippen molar-refractivity contribution in [2.24, 2.45) is 0 Å². The number of hydrogen-bond acceptors (Lipinski definition) is 3. The maximum absolute atomic E-state index is 12.7. The van der Waals surface area contributed by atoms with Crippen LogP contribution in [-0.2, 0) is 0 Å². The first-order chi connectivity index (χ1) is 14.0. The molecule has 7 heteroatoms. The van der Waals surface area contributed by atoms with Gasteiger partial charge in [0.1, 0.15) is 22.9 Å². The molecule has 0 aliphatic rings. The van der Waals surface area contributed by atoms with E-state index in [-0.39, 0.29) is 0 Å². The molecule has 0 saturated heterocycles. The normalized spacial score (nSPS) is 10.7. The number of rotatable bonds is 4. The van der Waals surface area contributed by atoms with Crippen molar-refractivity contribution in [2.75, 3.05) is 17.7 Å². The number of fused-ring (bicyclic) bond motifs is 1. The smallest absolute Gasteiger partial charge is 0.324 e. The summed E-state index contributed by atoms with van der Waals surface area (Å²) in [5, 5.41) is 6.13. The van der Waals surface area contributed by atoms with Crippen LogP contribution in [-0.4, -0.2) is 22.5 Å². The highest BCUT2D eigenvalue weighted by Gasteiger charge is 2.16. The van der Waals surface area contributed by atoms with Crippen molar-refractivity contribution in [2.45, 2.75) is 6.92 Å². The van der Waals surface area contributed by atoms with E-state index in [2.05, 4.69) is 10.6 Å². The molecule has 0 spiro atoms. The number of halogens is 1. The first-order valence-electron chi connectivity index (χ1n) is 9.01. The van der Waals surface area contributed by atoms with Gasteiger partial charge in [-0.3, -0.25) is 9.72 Å². The van der Waals surface area contributed by atoms with E-state index in [1.807, 2.05) is 60.0 Å². The number of nitrogens with zero attached hydrogens (tertiary/aromatic N) is 2. The second kappa shape index (κ2) is 7.85. The van der Waals surface area contributed by atoms with Crippen LogP contribution in [0.15, 0.2) is 66.9 Å². The Morgan fingerprint density at radius 2 is 1.86 bits per heavy atom. The third-order valence-corrected chi connectivity index (χ3v) is 4.79. The van der Waals surface area contributed by atoms with Gasteiger partial charge in [-0.25, -0.2) is 9.78 Å². The Kier molecular flexibility index (Phi) is 5.10. The van der Waals surface area contributed by atoms with Gasteiger partial charge in [0, 0.05) is 17.4 Å². The lowest BCUT2D eigenvalue weighted by Gasteiger charge is -2.11. The average Bonchev–Trinajstić information content (AvgIpc) is 3.07. The Hall–Kier alpha value is -3.51. The minimum absolute atomic E-state index is 0.398. The summed E-state index contributed by atoms with van der Waals surface area (Å²) in [5.74, 6) is 1.13. The number of pyridine rings is 1. The van der Waals surface area contributed by atoms with Gasteiger partial charge in [-0.15, -0.1) is 0 Å². The summed E-state index contributed by atoms with van der Waals surface area (Å²) in [6.45, 7) is 2.03. The van der Waals surface area contributed by atoms with Crippen LogP contribution in [0.4, 0.5) is 16.3 Å². The molecule has 2 amide bonds. The number of carbonyl (C=O) groups is 1. The topological polar surface area (TPSA) is 67.7 Å². The van der Waals surface area contributed by atoms with Crippen molar-refractivity contribution >= 4 is 34.8 Å². The summed E-state index contributed by atoms with van der Waals surface area (Å²) in [6.07, 6.45) is 1.86. The molecule has 146 valence electrons. The average molecular weight is 407 g/mol. The van der Waals surface area contributed by atoms with Crippen molar-refractivity contribution in [1.82, 2.24) is 9.38 Å². The fraction of sp³-hybridized carbons (Fsp3) is 0.0909. The van der Waals surface area contributed by atoms with Crippen LogP contribution < -0.4 is 15.4 Å². The summed E-state index contributed by atoms with van der Waals surface area (Å²) in [6, 6.07) is 18.4. The van der Waals surface area contributed by atoms with E-state index >= 15 is 0 Å². The van der Waals surface area contributed by atoms with Gasteiger partial charge in [0.2, 0.25) is 0 Å². The number of hydrogen-bond donors (Lipinski definition) is 2. The van der Waals surface area contributed by atoms with Crippen molar-refractivity contribution in [3.05, 3.63) is 77.4 Å². The summed E-state index contributed by atoms with van der Waals surface area (Å²) in [7, 11) is 1.54. The zero-order valence-electron chi connectivity index (χ0n) is 15.9. The highest BCUT2D eigenvalue weighted by Crippen LogP contribution is 2.30. The molecule has 2 heterocycles. The third-order valence-electron chi connectivity index (χ3n) is 4.50. The van der Waals surface area contributed by atoms with E-state index in [1.54, 1.807) is 25.3 Å². The van der Waals surface area contributed by atoms with Gasteiger partial charge in [-0.2, -0.15) is 0 Å². The number of nitrogens with one attached hydrogen (secondary N) is 2. The van der Waals surface area contributed by atoms with Gasteiger partial charge in [0.25, 0.3) is 0 Å². The van der Waals surface area contributed by atoms with Crippen molar-refractivity contribution in [1.29, 1.82) is 0 Å². The van der Waals surface area contributed by atoms with Crippen molar-refractivity contribution < 1.29 is 9.53 Å². The van der Waals surface area contributed by atoms with E-state index in [1.165, 1.54) is 0 Å². The summed E-state index contributed by atoms with van der Waals surface area (Å²) >= 11 is 6.14. The molecule has 2 aromatic heterocycles. The first-order valence-corrected chi connectivity index (χ1v) is 9.38. The summed E-state index contributed by atoms with van der Waals surface area (Å²) in [5.41, 5.74) is 4.06. The number of amides is 2. The molecule has 0 fully saturated rings. The molecule has 4 aromatic rings. The summed E-state index contributed by atoms with van der Waals surface area (Å²) in [4.78, 5) is 17.4. The fourth-order valence-corrected chi connectivity index (χ4v) is 3.30. The number of imidazole rings is 1. The Morgan fingerprint density at radius 1 is 1.07 bits per heavy atom. The Balaban J connectivity index is 1.66. The Bertz CT molecular complexity index is 1190. The maximum Gasteiger partial charge on any atom is 0.324 e. The van der Waals surface area contributed by atoms with Gasteiger partial charge < -0.3 is 10.1 Å².